The number of likely N-dealkylation sites (N-methyl/N-ethyl adjacent to an activating group) is 1. The van der Waals surface area contributed by atoms with Gasteiger partial charge in [-0.25, -0.2) is 0 Å². The molecule has 0 spiro atoms. The Morgan fingerprint density at radius 2 is 2.06 bits per heavy atom. The van der Waals surface area contributed by atoms with E-state index in [1.54, 1.807) is 0 Å². The van der Waals surface area contributed by atoms with Crippen LogP contribution in [0.2, 0.25) is 0 Å². The number of hydrogen-bond donors (Lipinski definition) is 1. The molecular formula is C15H24N2. The lowest BCUT2D eigenvalue weighted by atomic mass is 9.80. The third-order valence-electron chi connectivity index (χ3n) is 3.98. The van der Waals surface area contributed by atoms with E-state index in [0.717, 1.165) is 19.5 Å². The maximum absolute atomic E-state index is 5.87. The summed E-state index contributed by atoms with van der Waals surface area (Å²) in [5.74, 6) is 0. The van der Waals surface area contributed by atoms with Crippen LogP contribution < -0.4 is 5.73 Å². The minimum atomic E-state index is 0.212. The normalized spacial score (nSPS) is 21.3. The number of fused-ring (bicyclic) bond motifs is 1. The van der Waals surface area contributed by atoms with Gasteiger partial charge in [0.05, 0.1) is 0 Å². The molecule has 0 aliphatic carbocycles. The first-order valence-corrected chi connectivity index (χ1v) is 6.51. The van der Waals surface area contributed by atoms with Gasteiger partial charge in [-0.05, 0) is 43.0 Å². The summed E-state index contributed by atoms with van der Waals surface area (Å²) in [6, 6.07) is 9.38. The summed E-state index contributed by atoms with van der Waals surface area (Å²) >= 11 is 0. The molecule has 0 aromatic heterocycles. The Morgan fingerprint density at radius 1 is 1.35 bits per heavy atom. The highest BCUT2D eigenvalue weighted by Crippen LogP contribution is 2.37. The largest absolute Gasteiger partial charge is 0.330 e. The van der Waals surface area contributed by atoms with Gasteiger partial charge in [0.2, 0.25) is 0 Å². The first-order valence-electron chi connectivity index (χ1n) is 6.51. The van der Waals surface area contributed by atoms with Crippen molar-refractivity contribution in [2.24, 2.45) is 11.1 Å². The average molecular weight is 232 g/mol. The van der Waals surface area contributed by atoms with E-state index in [4.69, 9.17) is 5.73 Å². The quantitative estimate of drug-likeness (QED) is 0.868. The smallest absolute Gasteiger partial charge is 0.0353 e. The summed E-state index contributed by atoms with van der Waals surface area (Å²) in [5.41, 5.74) is 9.10. The fraction of sp³-hybridized carbons (Fsp3) is 0.600. The molecule has 1 aromatic carbocycles. The van der Waals surface area contributed by atoms with Crippen molar-refractivity contribution in [1.29, 1.82) is 0 Å². The van der Waals surface area contributed by atoms with E-state index in [2.05, 4.69) is 50.1 Å². The maximum Gasteiger partial charge on any atom is 0.0353 e. The number of hydrogen-bond acceptors (Lipinski definition) is 2. The summed E-state index contributed by atoms with van der Waals surface area (Å²) in [6.45, 7) is 6.43. The lowest BCUT2D eigenvalue weighted by Crippen LogP contribution is -2.37. The van der Waals surface area contributed by atoms with Gasteiger partial charge >= 0.3 is 0 Å². The van der Waals surface area contributed by atoms with E-state index in [1.807, 2.05) is 0 Å². The van der Waals surface area contributed by atoms with Crippen molar-refractivity contribution in [2.45, 2.75) is 32.7 Å². The van der Waals surface area contributed by atoms with Crippen molar-refractivity contribution in [2.75, 3.05) is 20.1 Å². The molecule has 94 valence electrons. The van der Waals surface area contributed by atoms with Crippen molar-refractivity contribution in [3.05, 3.63) is 35.4 Å². The predicted molar refractivity (Wildman–Crippen MR) is 73.0 cm³/mol. The Morgan fingerprint density at radius 3 is 2.76 bits per heavy atom. The molecule has 17 heavy (non-hydrogen) atoms. The van der Waals surface area contributed by atoms with E-state index >= 15 is 0 Å². The van der Waals surface area contributed by atoms with Crippen LogP contribution in [0.15, 0.2) is 24.3 Å². The fourth-order valence-electron chi connectivity index (χ4n) is 2.65. The van der Waals surface area contributed by atoms with Crippen LogP contribution in [0.25, 0.3) is 0 Å². The number of nitrogens with two attached hydrogens (primary N) is 1. The van der Waals surface area contributed by atoms with Crippen molar-refractivity contribution in [3.63, 3.8) is 0 Å². The van der Waals surface area contributed by atoms with E-state index in [1.165, 1.54) is 17.5 Å². The Hall–Kier alpha value is -0.860. The molecule has 1 atom stereocenters. The summed E-state index contributed by atoms with van der Waals surface area (Å²) in [6.07, 6.45) is 2.31. The second-order valence-corrected chi connectivity index (χ2v) is 6.02. The van der Waals surface area contributed by atoms with Crippen LogP contribution in [0.4, 0.5) is 0 Å². The molecule has 2 nitrogen and oxygen atoms in total. The highest BCUT2D eigenvalue weighted by molar-refractivity contribution is 5.32. The van der Waals surface area contributed by atoms with E-state index < -0.39 is 0 Å². The summed E-state index contributed by atoms with van der Waals surface area (Å²) in [7, 11) is 2.23. The molecular weight excluding hydrogens is 208 g/mol. The molecule has 2 rings (SSSR count). The van der Waals surface area contributed by atoms with E-state index in [9.17, 15) is 0 Å². The third-order valence-corrected chi connectivity index (χ3v) is 3.98. The molecule has 1 heterocycles. The van der Waals surface area contributed by atoms with Crippen molar-refractivity contribution in [1.82, 2.24) is 4.90 Å². The average Bonchev–Trinajstić information content (AvgIpc) is 2.33. The van der Waals surface area contributed by atoms with Gasteiger partial charge in [-0.1, -0.05) is 38.1 Å². The first-order chi connectivity index (χ1) is 8.03. The third kappa shape index (κ3) is 2.70. The molecule has 0 bridgehead atoms. The van der Waals surface area contributed by atoms with Crippen LogP contribution in [0, 0.1) is 5.41 Å². The van der Waals surface area contributed by atoms with Crippen LogP contribution in [-0.4, -0.2) is 25.0 Å². The van der Waals surface area contributed by atoms with Gasteiger partial charge in [0.25, 0.3) is 0 Å². The molecule has 0 amide bonds. The minimum absolute atomic E-state index is 0.212. The molecule has 0 saturated carbocycles. The first kappa shape index (κ1) is 12.6. The Kier molecular flexibility index (Phi) is 3.55. The SMILES string of the molecule is CN1CCc2ccccc2C1CC(C)(C)CN. The number of nitrogens with zero attached hydrogens (tertiary/aromatic N) is 1. The van der Waals surface area contributed by atoms with E-state index in [0.29, 0.717) is 6.04 Å². The molecule has 1 unspecified atom stereocenters. The van der Waals surface area contributed by atoms with Crippen LogP contribution in [0.1, 0.15) is 37.4 Å². The lowest BCUT2D eigenvalue weighted by molar-refractivity contribution is 0.164. The van der Waals surface area contributed by atoms with Crippen LogP contribution in [0.5, 0.6) is 0 Å². The predicted octanol–water partition coefficient (Wildman–Crippen LogP) is 2.59. The minimum Gasteiger partial charge on any atom is -0.330 e. The zero-order valence-electron chi connectivity index (χ0n) is 11.2. The van der Waals surface area contributed by atoms with Gasteiger partial charge in [-0.15, -0.1) is 0 Å². The second-order valence-electron chi connectivity index (χ2n) is 6.02. The molecule has 2 heteroatoms. The van der Waals surface area contributed by atoms with Gasteiger partial charge in [0, 0.05) is 12.6 Å². The van der Waals surface area contributed by atoms with Gasteiger partial charge in [-0.3, -0.25) is 4.90 Å². The molecule has 1 aliphatic rings. The van der Waals surface area contributed by atoms with Gasteiger partial charge in [0.15, 0.2) is 0 Å². The second kappa shape index (κ2) is 4.79. The Balaban J connectivity index is 2.27. The zero-order chi connectivity index (χ0) is 12.5. The van der Waals surface area contributed by atoms with Gasteiger partial charge < -0.3 is 5.73 Å². The van der Waals surface area contributed by atoms with Crippen molar-refractivity contribution in [3.8, 4) is 0 Å². The topological polar surface area (TPSA) is 29.3 Å². The fourth-order valence-corrected chi connectivity index (χ4v) is 2.65. The molecule has 2 N–H and O–H groups in total. The zero-order valence-corrected chi connectivity index (χ0v) is 11.2. The molecule has 0 saturated heterocycles. The Bertz CT molecular complexity index is 384. The lowest BCUT2D eigenvalue weighted by Gasteiger charge is -2.39. The van der Waals surface area contributed by atoms with Crippen LogP contribution in [-0.2, 0) is 6.42 Å². The summed E-state index contributed by atoms with van der Waals surface area (Å²) in [4.78, 5) is 2.47. The van der Waals surface area contributed by atoms with Crippen molar-refractivity contribution < 1.29 is 0 Å². The molecule has 0 radical (unpaired) electrons. The maximum atomic E-state index is 5.87. The van der Waals surface area contributed by atoms with Crippen LogP contribution >= 0.6 is 0 Å². The standard InChI is InChI=1S/C15H24N2/c1-15(2,11-16)10-14-13-7-5-4-6-12(13)8-9-17(14)3/h4-7,14H,8-11,16H2,1-3H3. The van der Waals surface area contributed by atoms with Gasteiger partial charge in [0.1, 0.15) is 0 Å². The van der Waals surface area contributed by atoms with Gasteiger partial charge in [-0.2, -0.15) is 0 Å². The molecule has 1 aliphatic heterocycles. The van der Waals surface area contributed by atoms with E-state index in [-0.39, 0.29) is 5.41 Å². The Labute approximate surface area is 105 Å². The summed E-state index contributed by atoms with van der Waals surface area (Å²) in [5, 5.41) is 0. The molecule has 0 fully saturated rings. The highest BCUT2D eigenvalue weighted by atomic mass is 15.1. The monoisotopic (exact) mass is 232 g/mol. The highest BCUT2D eigenvalue weighted by Gasteiger charge is 2.29. The molecule has 1 aromatic rings. The summed E-state index contributed by atoms with van der Waals surface area (Å²) < 4.78 is 0. The number of benzene rings is 1. The van der Waals surface area contributed by atoms with Crippen LogP contribution in [0.3, 0.4) is 0 Å². The number of rotatable bonds is 3. The van der Waals surface area contributed by atoms with Crippen molar-refractivity contribution >= 4 is 0 Å².